The number of carboxylic acids is 1. The fraction of sp³-hybridized carbons (Fsp3) is 0.786. The third-order valence-electron chi connectivity index (χ3n) is 8.86. The van der Waals surface area contributed by atoms with E-state index in [4.69, 9.17) is 24.8 Å². The van der Waals surface area contributed by atoms with Gasteiger partial charge >= 0.3 is 25.7 Å². The van der Waals surface area contributed by atoms with Gasteiger partial charge in [0.15, 0.2) is 6.10 Å². The molecule has 4 N–H and O–H groups in total. The van der Waals surface area contributed by atoms with Crippen molar-refractivity contribution in [2.75, 3.05) is 19.8 Å². The Morgan fingerprint density at radius 2 is 1.00 bits per heavy atom. The summed E-state index contributed by atoms with van der Waals surface area (Å²) in [5, 5.41) is 8.88. The van der Waals surface area contributed by atoms with Gasteiger partial charge in [0.2, 0.25) is 0 Å². The van der Waals surface area contributed by atoms with E-state index in [0.717, 1.165) is 64.2 Å². The maximum absolute atomic E-state index is 12.6. The van der Waals surface area contributed by atoms with Crippen LogP contribution >= 0.6 is 7.82 Å². The topological polar surface area (TPSA) is 172 Å². The first kappa shape index (κ1) is 51.7. The Kier molecular flexibility index (Phi) is 36.0. The van der Waals surface area contributed by atoms with Crippen molar-refractivity contribution in [2.45, 2.75) is 193 Å². The average Bonchev–Trinajstić information content (AvgIpc) is 3.14. The highest BCUT2D eigenvalue weighted by atomic mass is 31.2. The first-order valence-electron chi connectivity index (χ1n) is 21.0. The van der Waals surface area contributed by atoms with Crippen LogP contribution < -0.4 is 5.73 Å². The Labute approximate surface area is 327 Å². The minimum atomic E-state index is -4.72. The molecule has 0 amide bonds. The van der Waals surface area contributed by atoms with Gasteiger partial charge in [-0.05, 0) is 64.2 Å². The van der Waals surface area contributed by atoms with Crippen LogP contribution in [-0.2, 0) is 37.5 Å². The molecule has 0 aromatic rings. The highest BCUT2D eigenvalue weighted by Crippen LogP contribution is 2.43. The van der Waals surface area contributed by atoms with E-state index in [0.29, 0.717) is 12.8 Å². The average molecular weight is 786 g/mol. The first-order valence-corrected chi connectivity index (χ1v) is 22.5. The largest absolute Gasteiger partial charge is 0.480 e. The lowest BCUT2D eigenvalue weighted by Gasteiger charge is -2.20. The molecule has 0 fully saturated rings. The van der Waals surface area contributed by atoms with Crippen molar-refractivity contribution in [3.05, 3.63) is 36.5 Å². The van der Waals surface area contributed by atoms with Crippen LogP contribution in [-0.4, -0.2) is 59.9 Å². The molecular weight excluding hydrogens is 709 g/mol. The maximum Gasteiger partial charge on any atom is 0.472 e. The quantitative estimate of drug-likeness (QED) is 0.0234. The van der Waals surface area contributed by atoms with E-state index < -0.39 is 51.1 Å². The number of rotatable bonds is 39. The fourth-order valence-corrected chi connectivity index (χ4v) is 6.26. The van der Waals surface area contributed by atoms with Crippen molar-refractivity contribution in [1.82, 2.24) is 0 Å². The zero-order chi connectivity index (χ0) is 40.0. The molecule has 0 aromatic carbocycles. The molecule has 0 saturated carbocycles. The second-order valence-corrected chi connectivity index (χ2v) is 15.6. The number of carbonyl (C=O) groups is 3. The van der Waals surface area contributed by atoms with E-state index >= 15 is 0 Å². The molecule has 0 aromatic heterocycles. The molecule has 0 aliphatic heterocycles. The molecule has 0 heterocycles. The fourth-order valence-electron chi connectivity index (χ4n) is 5.49. The summed E-state index contributed by atoms with van der Waals surface area (Å²) >= 11 is 0. The van der Waals surface area contributed by atoms with Gasteiger partial charge < -0.3 is 25.2 Å². The molecule has 0 saturated heterocycles. The van der Waals surface area contributed by atoms with Gasteiger partial charge in [0, 0.05) is 12.8 Å². The van der Waals surface area contributed by atoms with Crippen molar-refractivity contribution in [2.24, 2.45) is 5.73 Å². The number of nitrogens with two attached hydrogens (primary N) is 1. The van der Waals surface area contributed by atoms with E-state index in [1.54, 1.807) is 0 Å². The number of carbonyl (C=O) groups excluding carboxylic acids is 2. The van der Waals surface area contributed by atoms with Gasteiger partial charge in [-0.3, -0.25) is 23.4 Å². The number of phosphoric ester groups is 1. The van der Waals surface area contributed by atoms with Gasteiger partial charge in [-0.25, -0.2) is 4.57 Å². The van der Waals surface area contributed by atoms with E-state index in [2.05, 4.69) is 54.8 Å². The van der Waals surface area contributed by atoms with Crippen molar-refractivity contribution in [3.8, 4) is 0 Å². The summed E-state index contributed by atoms with van der Waals surface area (Å²) < 4.78 is 32.6. The number of aliphatic carboxylic acids is 1. The van der Waals surface area contributed by atoms with Gasteiger partial charge in [0.1, 0.15) is 12.6 Å². The van der Waals surface area contributed by atoms with Crippen LogP contribution in [0.1, 0.15) is 181 Å². The van der Waals surface area contributed by atoms with Crippen LogP contribution in [0.3, 0.4) is 0 Å². The summed E-state index contributed by atoms with van der Waals surface area (Å²) in [6.07, 6.45) is 39.2. The normalized spacial score (nSPS) is 14.1. The first-order chi connectivity index (χ1) is 26.1. The summed E-state index contributed by atoms with van der Waals surface area (Å²) in [5.41, 5.74) is 5.33. The monoisotopic (exact) mass is 786 g/mol. The molecule has 0 rings (SSSR count). The number of phosphoric acid groups is 1. The summed E-state index contributed by atoms with van der Waals surface area (Å²) in [4.78, 5) is 45.9. The zero-order valence-corrected chi connectivity index (χ0v) is 34.7. The van der Waals surface area contributed by atoms with Gasteiger partial charge in [-0.1, -0.05) is 140 Å². The SMILES string of the molecule is CCCC/C=C/CCCCCCCCCCCC(=O)O[C@H](COC(=O)CCCCCCC/C=C/C/C=C/CCCCC)COP(=O)(O)OC[C@H](N)C(=O)O. The van der Waals surface area contributed by atoms with Gasteiger partial charge in [0.05, 0.1) is 13.2 Å². The van der Waals surface area contributed by atoms with Gasteiger partial charge in [-0.2, -0.15) is 0 Å². The zero-order valence-electron chi connectivity index (χ0n) is 33.8. The van der Waals surface area contributed by atoms with Crippen LogP contribution in [0.2, 0.25) is 0 Å². The van der Waals surface area contributed by atoms with E-state index in [1.807, 2.05) is 0 Å². The Bertz CT molecular complexity index is 1060. The summed E-state index contributed by atoms with van der Waals surface area (Å²) in [7, 11) is -4.72. The third kappa shape index (κ3) is 36.7. The molecule has 314 valence electrons. The summed E-state index contributed by atoms with van der Waals surface area (Å²) in [5.74, 6) is -2.40. The molecular formula is C42H76NO10P. The number of ether oxygens (including phenoxy) is 2. The van der Waals surface area contributed by atoms with Crippen molar-refractivity contribution in [3.63, 3.8) is 0 Å². The minimum Gasteiger partial charge on any atom is -0.480 e. The summed E-state index contributed by atoms with van der Waals surface area (Å²) in [6.45, 7) is 2.73. The summed E-state index contributed by atoms with van der Waals surface area (Å²) in [6, 6.07) is -1.52. The van der Waals surface area contributed by atoms with E-state index in [-0.39, 0.29) is 19.4 Å². The highest BCUT2D eigenvalue weighted by Gasteiger charge is 2.28. The Morgan fingerprint density at radius 1 is 0.574 bits per heavy atom. The minimum absolute atomic E-state index is 0.156. The molecule has 0 aliphatic carbocycles. The van der Waals surface area contributed by atoms with E-state index in [1.165, 1.54) is 77.0 Å². The number of hydrogen-bond acceptors (Lipinski definition) is 9. The molecule has 0 spiro atoms. The lowest BCUT2D eigenvalue weighted by atomic mass is 10.1. The number of allylic oxidation sites excluding steroid dienone is 6. The molecule has 0 aliphatic rings. The highest BCUT2D eigenvalue weighted by molar-refractivity contribution is 7.47. The smallest absolute Gasteiger partial charge is 0.472 e. The van der Waals surface area contributed by atoms with Crippen LogP contribution in [0.5, 0.6) is 0 Å². The molecule has 11 nitrogen and oxygen atoms in total. The van der Waals surface area contributed by atoms with Crippen LogP contribution in [0.15, 0.2) is 36.5 Å². The lowest BCUT2D eigenvalue weighted by molar-refractivity contribution is -0.161. The Balaban J connectivity index is 4.41. The predicted molar refractivity (Wildman–Crippen MR) is 217 cm³/mol. The van der Waals surface area contributed by atoms with Crippen LogP contribution in [0.25, 0.3) is 0 Å². The Morgan fingerprint density at radius 3 is 1.52 bits per heavy atom. The molecule has 3 atom stereocenters. The molecule has 0 radical (unpaired) electrons. The second kappa shape index (κ2) is 37.6. The molecule has 12 heteroatoms. The van der Waals surface area contributed by atoms with Crippen molar-refractivity contribution >= 4 is 25.7 Å². The molecule has 54 heavy (non-hydrogen) atoms. The Hall–Kier alpha value is -2.30. The standard InChI is InChI=1S/C42H76NO10P/c1-3-5-7-9-11-13-15-17-19-21-23-25-27-29-31-33-40(44)50-35-38(36-51-54(48,49)52-37-39(43)42(46)47)53-41(45)34-32-30-28-26-24-22-20-18-16-14-12-10-8-6-4-2/h10-13,17,19,38-39H,3-9,14-16,18,20-37,43H2,1-2H3,(H,46,47)(H,48,49)/b12-10+,13-11+,19-17+/t38-,39+/m1/s1. The maximum atomic E-state index is 12.6. The molecule has 0 bridgehead atoms. The van der Waals surface area contributed by atoms with E-state index in [9.17, 15) is 23.8 Å². The van der Waals surface area contributed by atoms with Crippen molar-refractivity contribution in [1.29, 1.82) is 0 Å². The lowest BCUT2D eigenvalue weighted by Crippen LogP contribution is -2.34. The second-order valence-electron chi connectivity index (χ2n) is 14.1. The van der Waals surface area contributed by atoms with Crippen molar-refractivity contribution < 1.29 is 47.5 Å². The number of esters is 2. The predicted octanol–water partition coefficient (Wildman–Crippen LogP) is 10.8. The number of unbranched alkanes of at least 4 members (excludes halogenated alkanes) is 19. The van der Waals surface area contributed by atoms with Crippen LogP contribution in [0, 0.1) is 0 Å². The number of hydrogen-bond donors (Lipinski definition) is 3. The molecule has 1 unspecified atom stereocenters. The third-order valence-corrected chi connectivity index (χ3v) is 9.81. The number of carboxylic acid groups (broad SMARTS) is 1. The van der Waals surface area contributed by atoms with Gasteiger partial charge in [0.25, 0.3) is 0 Å². The van der Waals surface area contributed by atoms with Gasteiger partial charge in [-0.15, -0.1) is 0 Å². The van der Waals surface area contributed by atoms with Crippen LogP contribution in [0.4, 0.5) is 0 Å².